The third kappa shape index (κ3) is 1.79. The molecule has 0 bridgehead atoms. The van der Waals surface area contributed by atoms with E-state index in [-0.39, 0.29) is 5.92 Å². The summed E-state index contributed by atoms with van der Waals surface area (Å²) in [5.41, 5.74) is 3.61. The van der Waals surface area contributed by atoms with Gasteiger partial charge in [0.25, 0.3) is 0 Å². The lowest BCUT2D eigenvalue weighted by Gasteiger charge is -2.25. The van der Waals surface area contributed by atoms with Crippen molar-refractivity contribution in [1.82, 2.24) is 0 Å². The average molecular weight is 239 g/mol. The minimum Gasteiger partial charge on any atom is -0.373 e. The Labute approximate surface area is 107 Å². The Kier molecular flexibility index (Phi) is 2.80. The van der Waals surface area contributed by atoms with Crippen molar-refractivity contribution >= 4 is 5.69 Å². The van der Waals surface area contributed by atoms with Crippen LogP contribution in [0.2, 0.25) is 0 Å². The number of benzene rings is 2. The van der Waals surface area contributed by atoms with Crippen molar-refractivity contribution in [2.24, 2.45) is 0 Å². The zero-order valence-corrected chi connectivity index (χ0v) is 10.5. The van der Waals surface area contributed by atoms with E-state index >= 15 is 0 Å². The standard InChI is InChI=1S/C16H17NO/c1-12-14-9-5-6-10-15(14)17(16(12)18)11-13-7-3-2-4-8-13/h2-10,12,16,18H,11H2,1H3. The fraction of sp³-hybridized carbons (Fsp3) is 0.250. The largest absolute Gasteiger partial charge is 0.373 e. The number of hydrogen-bond donors (Lipinski definition) is 1. The SMILES string of the molecule is CC1c2ccccc2N(Cc2ccccc2)C1O. The molecule has 0 fully saturated rings. The molecule has 2 unspecified atom stereocenters. The second-order valence-electron chi connectivity index (χ2n) is 4.87. The van der Waals surface area contributed by atoms with E-state index in [0.717, 1.165) is 12.2 Å². The fourth-order valence-corrected chi connectivity index (χ4v) is 2.67. The number of anilines is 1. The summed E-state index contributed by atoms with van der Waals surface area (Å²) in [5, 5.41) is 10.4. The van der Waals surface area contributed by atoms with Gasteiger partial charge < -0.3 is 10.0 Å². The third-order valence-corrected chi connectivity index (χ3v) is 3.70. The minimum absolute atomic E-state index is 0.171. The molecule has 1 N–H and O–H groups in total. The second kappa shape index (κ2) is 4.46. The molecule has 0 radical (unpaired) electrons. The number of aliphatic hydroxyl groups excluding tert-OH is 1. The van der Waals surface area contributed by atoms with E-state index in [9.17, 15) is 5.11 Å². The van der Waals surface area contributed by atoms with E-state index in [1.165, 1.54) is 11.1 Å². The summed E-state index contributed by atoms with van der Waals surface area (Å²) in [4.78, 5) is 2.08. The van der Waals surface area contributed by atoms with Crippen LogP contribution in [-0.4, -0.2) is 11.3 Å². The topological polar surface area (TPSA) is 23.5 Å². The normalized spacial score (nSPS) is 22.0. The first kappa shape index (κ1) is 11.3. The van der Waals surface area contributed by atoms with E-state index in [0.29, 0.717) is 0 Å². The predicted octanol–water partition coefficient (Wildman–Crippen LogP) is 3.13. The van der Waals surface area contributed by atoms with E-state index in [2.05, 4.69) is 36.1 Å². The summed E-state index contributed by atoms with van der Waals surface area (Å²) in [5.74, 6) is 0.171. The Morgan fingerprint density at radius 3 is 2.44 bits per heavy atom. The van der Waals surface area contributed by atoms with Crippen molar-refractivity contribution in [3.8, 4) is 0 Å². The molecule has 3 rings (SSSR count). The molecule has 2 nitrogen and oxygen atoms in total. The quantitative estimate of drug-likeness (QED) is 0.870. The Hall–Kier alpha value is -1.80. The van der Waals surface area contributed by atoms with Gasteiger partial charge in [-0.05, 0) is 17.2 Å². The molecule has 0 spiro atoms. The smallest absolute Gasteiger partial charge is 0.133 e. The summed E-state index contributed by atoms with van der Waals surface area (Å²) >= 11 is 0. The fourth-order valence-electron chi connectivity index (χ4n) is 2.67. The van der Waals surface area contributed by atoms with Gasteiger partial charge in [0.1, 0.15) is 6.23 Å². The van der Waals surface area contributed by atoms with Gasteiger partial charge in [-0.2, -0.15) is 0 Å². The Morgan fingerprint density at radius 1 is 1.00 bits per heavy atom. The monoisotopic (exact) mass is 239 g/mol. The first-order valence-corrected chi connectivity index (χ1v) is 6.35. The van der Waals surface area contributed by atoms with Gasteiger partial charge >= 0.3 is 0 Å². The lowest BCUT2D eigenvalue weighted by atomic mass is 10.0. The number of hydrogen-bond acceptors (Lipinski definition) is 2. The Bertz CT molecular complexity index is 538. The molecule has 2 atom stereocenters. The number of rotatable bonds is 2. The van der Waals surface area contributed by atoms with Crippen LogP contribution in [0.3, 0.4) is 0 Å². The van der Waals surface area contributed by atoms with Crippen LogP contribution in [0.1, 0.15) is 24.0 Å². The van der Waals surface area contributed by atoms with Crippen LogP contribution in [0.25, 0.3) is 0 Å². The van der Waals surface area contributed by atoms with Crippen LogP contribution in [0.15, 0.2) is 54.6 Å². The van der Waals surface area contributed by atoms with Crippen molar-refractivity contribution in [1.29, 1.82) is 0 Å². The van der Waals surface area contributed by atoms with Crippen molar-refractivity contribution in [2.45, 2.75) is 25.6 Å². The number of fused-ring (bicyclic) bond motifs is 1. The summed E-state index contributed by atoms with van der Waals surface area (Å²) in [6.07, 6.45) is -0.428. The molecule has 1 heterocycles. The van der Waals surface area contributed by atoms with Gasteiger partial charge in [0, 0.05) is 18.2 Å². The molecule has 0 aromatic heterocycles. The molecule has 1 aliphatic rings. The number of para-hydroxylation sites is 1. The zero-order valence-electron chi connectivity index (χ0n) is 10.5. The van der Waals surface area contributed by atoms with Crippen molar-refractivity contribution < 1.29 is 5.11 Å². The molecule has 0 saturated carbocycles. The zero-order chi connectivity index (χ0) is 12.5. The molecule has 2 heteroatoms. The van der Waals surface area contributed by atoms with Crippen LogP contribution in [-0.2, 0) is 6.54 Å². The van der Waals surface area contributed by atoms with Crippen molar-refractivity contribution in [2.75, 3.05) is 4.90 Å². The lowest BCUT2D eigenvalue weighted by molar-refractivity contribution is 0.154. The van der Waals surface area contributed by atoms with E-state index in [4.69, 9.17) is 0 Å². The molecular formula is C16H17NO. The molecule has 0 saturated heterocycles. The summed E-state index contributed by atoms with van der Waals surface area (Å²) in [6, 6.07) is 18.5. The van der Waals surface area contributed by atoms with Crippen molar-refractivity contribution in [3.05, 3.63) is 65.7 Å². The molecule has 2 aromatic rings. The highest BCUT2D eigenvalue weighted by Gasteiger charge is 2.33. The highest BCUT2D eigenvalue weighted by Crippen LogP contribution is 2.40. The first-order chi connectivity index (χ1) is 8.77. The third-order valence-electron chi connectivity index (χ3n) is 3.70. The maximum Gasteiger partial charge on any atom is 0.133 e. The van der Waals surface area contributed by atoms with Crippen LogP contribution in [0.4, 0.5) is 5.69 Å². The second-order valence-corrected chi connectivity index (χ2v) is 4.87. The molecule has 0 aliphatic carbocycles. The highest BCUT2D eigenvalue weighted by molar-refractivity contribution is 5.61. The molecule has 92 valence electrons. The first-order valence-electron chi connectivity index (χ1n) is 6.35. The molecule has 1 aliphatic heterocycles. The molecule has 0 amide bonds. The Morgan fingerprint density at radius 2 is 1.67 bits per heavy atom. The van der Waals surface area contributed by atoms with Crippen LogP contribution < -0.4 is 4.90 Å². The van der Waals surface area contributed by atoms with Crippen LogP contribution in [0.5, 0.6) is 0 Å². The van der Waals surface area contributed by atoms with Gasteiger partial charge in [0.05, 0.1) is 0 Å². The summed E-state index contributed by atoms with van der Waals surface area (Å²) < 4.78 is 0. The predicted molar refractivity (Wildman–Crippen MR) is 73.5 cm³/mol. The van der Waals surface area contributed by atoms with E-state index < -0.39 is 6.23 Å². The maximum atomic E-state index is 10.4. The maximum absolute atomic E-state index is 10.4. The van der Waals surface area contributed by atoms with E-state index in [1.807, 2.05) is 30.3 Å². The number of nitrogens with zero attached hydrogens (tertiary/aromatic N) is 1. The minimum atomic E-state index is -0.428. The van der Waals surface area contributed by atoms with Crippen molar-refractivity contribution in [3.63, 3.8) is 0 Å². The van der Waals surface area contributed by atoms with Crippen LogP contribution >= 0.6 is 0 Å². The lowest BCUT2D eigenvalue weighted by Crippen LogP contribution is -2.32. The van der Waals surface area contributed by atoms with Gasteiger partial charge in [-0.15, -0.1) is 0 Å². The van der Waals surface area contributed by atoms with E-state index in [1.54, 1.807) is 0 Å². The average Bonchev–Trinajstić information content (AvgIpc) is 2.66. The summed E-state index contributed by atoms with van der Waals surface area (Å²) in [7, 11) is 0. The summed E-state index contributed by atoms with van der Waals surface area (Å²) in [6.45, 7) is 2.83. The van der Waals surface area contributed by atoms with Gasteiger partial charge in [-0.1, -0.05) is 55.5 Å². The molecular weight excluding hydrogens is 222 g/mol. The van der Waals surface area contributed by atoms with Gasteiger partial charge in [-0.25, -0.2) is 0 Å². The number of aliphatic hydroxyl groups is 1. The highest BCUT2D eigenvalue weighted by atomic mass is 16.3. The van der Waals surface area contributed by atoms with Gasteiger partial charge in [-0.3, -0.25) is 0 Å². The molecule has 18 heavy (non-hydrogen) atoms. The Balaban J connectivity index is 1.93. The van der Waals surface area contributed by atoms with Gasteiger partial charge in [0.15, 0.2) is 0 Å². The van der Waals surface area contributed by atoms with Crippen LogP contribution in [0, 0.1) is 0 Å². The van der Waals surface area contributed by atoms with Gasteiger partial charge in [0.2, 0.25) is 0 Å². The molecule has 2 aromatic carbocycles.